The van der Waals surface area contributed by atoms with E-state index >= 15 is 0 Å². The van der Waals surface area contributed by atoms with E-state index in [1.165, 1.54) is 16.8 Å². The third-order valence-electron chi connectivity index (χ3n) is 2.71. The summed E-state index contributed by atoms with van der Waals surface area (Å²) in [6.07, 6.45) is 0. The second-order valence-corrected chi connectivity index (χ2v) is 4.01. The largest absolute Gasteiger partial charge is 0.436 e. The van der Waals surface area contributed by atoms with Crippen molar-refractivity contribution in [3.8, 4) is 17.7 Å². The fraction of sp³-hybridized carbons (Fsp3) is 0.231. The molecule has 0 aliphatic carbocycles. The SMILES string of the molecule is Cc1nn(C)c(Oc2ccc(C#N)cc2F)c1CO. The molecule has 6 heteroatoms. The maximum Gasteiger partial charge on any atom is 0.223 e. The van der Waals surface area contributed by atoms with Gasteiger partial charge in [0.15, 0.2) is 11.6 Å². The lowest BCUT2D eigenvalue weighted by molar-refractivity contribution is 0.273. The Bertz CT molecular complexity index is 659. The summed E-state index contributed by atoms with van der Waals surface area (Å²) >= 11 is 0. The molecule has 2 aromatic rings. The molecule has 1 aromatic carbocycles. The third-order valence-corrected chi connectivity index (χ3v) is 2.71. The molecule has 0 aliphatic heterocycles. The quantitative estimate of drug-likeness (QED) is 0.917. The summed E-state index contributed by atoms with van der Waals surface area (Å²) in [7, 11) is 1.64. The predicted molar refractivity (Wildman–Crippen MR) is 65.1 cm³/mol. The maximum absolute atomic E-state index is 13.7. The average molecular weight is 261 g/mol. The van der Waals surface area contributed by atoms with Crippen LogP contribution in [0.1, 0.15) is 16.8 Å². The molecule has 1 N–H and O–H groups in total. The van der Waals surface area contributed by atoms with Crippen LogP contribution in [0.5, 0.6) is 11.6 Å². The first-order valence-corrected chi connectivity index (χ1v) is 5.57. The Kier molecular flexibility index (Phi) is 3.49. The van der Waals surface area contributed by atoms with Crippen molar-refractivity contribution in [3.63, 3.8) is 0 Å². The number of nitrogens with zero attached hydrogens (tertiary/aromatic N) is 3. The van der Waals surface area contributed by atoms with Crippen LogP contribution in [0.25, 0.3) is 0 Å². The van der Waals surface area contributed by atoms with Crippen LogP contribution in [0.4, 0.5) is 4.39 Å². The molecule has 0 saturated heterocycles. The van der Waals surface area contributed by atoms with Gasteiger partial charge in [-0.3, -0.25) is 0 Å². The van der Waals surface area contributed by atoms with Crippen LogP contribution in [0.3, 0.4) is 0 Å². The zero-order valence-corrected chi connectivity index (χ0v) is 10.5. The van der Waals surface area contributed by atoms with Gasteiger partial charge in [-0.1, -0.05) is 0 Å². The van der Waals surface area contributed by atoms with Gasteiger partial charge in [-0.2, -0.15) is 10.4 Å². The zero-order valence-electron chi connectivity index (χ0n) is 10.5. The highest BCUT2D eigenvalue weighted by Gasteiger charge is 2.16. The maximum atomic E-state index is 13.7. The van der Waals surface area contributed by atoms with E-state index in [1.54, 1.807) is 14.0 Å². The molecule has 1 aromatic heterocycles. The van der Waals surface area contributed by atoms with E-state index in [0.717, 1.165) is 6.07 Å². The zero-order chi connectivity index (χ0) is 14.0. The van der Waals surface area contributed by atoms with Crippen molar-refractivity contribution in [2.45, 2.75) is 13.5 Å². The van der Waals surface area contributed by atoms with Gasteiger partial charge in [0.25, 0.3) is 0 Å². The summed E-state index contributed by atoms with van der Waals surface area (Å²) in [5, 5.41) is 22.0. The van der Waals surface area contributed by atoms with E-state index in [1.807, 2.05) is 6.07 Å². The molecular formula is C13H12FN3O2. The van der Waals surface area contributed by atoms with Gasteiger partial charge in [-0.25, -0.2) is 9.07 Å². The minimum Gasteiger partial charge on any atom is -0.436 e. The number of ether oxygens (including phenoxy) is 1. The van der Waals surface area contributed by atoms with Crippen LogP contribution in [-0.2, 0) is 13.7 Å². The predicted octanol–water partition coefficient (Wildman–Crippen LogP) is 2.02. The number of aliphatic hydroxyl groups is 1. The van der Waals surface area contributed by atoms with Crippen molar-refractivity contribution >= 4 is 0 Å². The van der Waals surface area contributed by atoms with Gasteiger partial charge >= 0.3 is 0 Å². The molecule has 0 fully saturated rings. The number of aromatic nitrogens is 2. The lowest BCUT2D eigenvalue weighted by Crippen LogP contribution is -1.98. The van der Waals surface area contributed by atoms with E-state index in [2.05, 4.69) is 5.10 Å². The molecule has 0 atom stereocenters. The van der Waals surface area contributed by atoms with Gasteiger partial charge in [0.1, 0.15) is 0 Å². The van der Waals surface area contributed by atoms with Crippen molar-refractivity contribution in [2.75, 3.05) is 0 Å². The van der Waals surface area contributed by atoms with Crippen molar-refractivity contribution in [2.24, 2.45) is 7.05 Å². The Morgan fingerprint density at radius 1 is 1.53 bits per heavy atom. The van der Waals surface area contributed by atoms with Crippen LogP contribution in [0.2, 0.25) is 0 Å². The topological polar surface area (TPSA) is 71.1 Å². The Hall–Kier alpha value is -2.39. The van der Waals surface area contributed by atoms with Gasteiger partial charge < -0.3 is 9.84 Å². The Morgan fingerprint density at radius 3 is 2.84 bits per heavy atom. The highest BCUT2D eigenvalue weighted by atomic mass is 19.1. The molecule has 5 nitrogen and oxygen atoms in total. The molecule has 0 saturated carbocycles. The molecule has 19 heavy (non-hydrogen) atoms. The number of aryl methyl sites for hydroxylation is 2. The lowest BCUT2D eigenvalue weighted by atomic mass is 10.2. The summed E-state index contributed by atoms with van der Waals surface area (Å²) in [5.41, 5.74) is 1.34. The first-order valence-electron chi connectivity index (χ1n) is 5.57. The van der Waals surface area contributed by atoms with Gasteiger partial charge in [-0.05, 0) is 25.1 Å². The summed E-state index contributed by atoms with van der Waals surface area (Å²) in [6.45, 7) is 1.49. The smallest absolute Gasteiger partial charge is 0.223 e. The summed E-state index contributed by atoms with van der Waals surface area (Å²) in [4.78, 5) is 0. The fourth-order valence-electron chi connectivity index (χ4n) is 1.75. The van der Waals surface area contributed by atoms with E-state index < -0.39 is 5.82 Å². The van der Waals surface area contributed by atoms with Crippen molar-refractivity contribution in [3.05, 3.63) is 40.8 Å². The molecular weight excluding hydrogens is 249 g/mol. The molecule has 0 bridgehead atoms. The minimum absolute atomic E-state index is 0.0169. The number of hydrogen-bond donors (Lipinski definition) is 1. The number of nitriles is 1. The van der Waals surface area contributed by atoms with Gasteiger partial charge in [0.05, 0.1) is 29.5 Å². The van der Waals surface area contributed by atoms with Crippen LogP contribution in [0, 0.1) is 24.1 Å². The number of rotatable bonds is 3. The van der Waals surface area contributed by atoms with Crippen molar-refractivity contribution in [1.82, 2.24) is 9.78 Å². The van der Waals surface area contributed by atoms with Crippen LogP contribution in [0.15, 0.2) is 18.2 Å². The monoisotopic (exact) mass is 261 g/mol. The Balaban J connectivity index is 2.39. The number of halogens is 1. The molecule has 1 heterocycles. The Labute approximate surface area is 109 Å². The number of benzene rings is 1. The third kappa shape index (κ3) is 2.41. The first kappa shape index (κ1) is 13.1. The van der Waals surface area contributed by atoms with Gasteiger partial charge in [0.2, 0.25) is 5.88 Å². The van der Waals surface area contributed by atoms with Crippen molar-refractivity contribution in [1.29, 1.82) is 5.26 Å². The average Bonchev–Trinajstić information content (AvgIpc) is 2.66. The molecule has 0 unspecified atom stereocenters. The van der Waals surface area contributed by atoms with E-state index in [9.17, 15) is 9.50 Å². The molecule has 0 spiro atoms. The standard InChI is InChI=1S/C13H12FN3O2/c1-8-10(7-18)13(17(2)16-8)19-12-4-3-9(6-15)5-11(12)14/h3-5,18H,7H2,1-2H3. The molecule has 2 rings (SSSR count). The van der Waals surface area contributed by atoms with Crippen LogP contribution < -0.4 is 4.74 Å². The normalized spacial score (nSPS) is 10.3. The number of hydrogen-bond acceptors (Lipinski definition) is 4. The van der Waals surface area contributed by atoms with Crippen molar-refractivity contribution < 1.29 is 14.2 Å². The van der Waals surface area contributed by atoms with Crippen LogP contribution in [-0.4, -0.2) is 14.9 Å². The highest BCUT2D eigenvalue weighted by molar-refractivity contribution is 5.39. The van der Waals surface area contributed by atoms with Gasteiger partial charge in [0, 0.05) is 7.05 Å². The van der Waals surface area contributed by atoms with Gasteiger partial charge in [-0.15, -0.1) is 0 Å². The fourth-order valence-corrected chi connectivity index (χ4v) is 1.75. The van der Waals surface area contributed by atoms with E-state index in [4.69, 9.17) is 10.00 Å². The van der Waals surface area contributed by atoms with E-state index in [0.29, 0.717) is 11.3 Å². The highest BCUT2D eigenvalue weighted by Crippen LogP contribution is 2.29. The second kappa shape index (κ2) is 5.08. The number of aliphatic hydroxyl groups excluding tert-OH is 1. The summed E-state index contributed by atoms with van der Waals surface area (Å²) in [6, 6.07) is 5.77. The first-order chi connectivity index (χ1) is 9.06. The molecule has 0 aliphatic rings. The summed E-state index contributed by atoms with van der Waals surface area (Å²) < 4.78 is 20.6. The molecule has 98 valence electrons. The van der Waals surface area contributed by atoms with E-state index in [-0.39, 0.29) is 23.8 Å². The summed E-state index contributed by atoms with van der Waals surface area (Å²) in [5.74, 6) is -0.373. The molecule has 0 radical (unpaired) electrons. The second-order valence-electron chi connectivity index (χ2n) is 4.01. The minimum atomic E-state index is -0.637. The lowest BCUT2D eigenvalue weighted by Gasteiger charge is -2.08. The van der Waals surface area contributed by atoms with Crippen LogP contribution >= 0.6 is 0 Å². The molecule has 0 amide bonds. The Morgan fingerprint density at radius 2 is 2.26 bits per heavy atom.